The van der Waals surface area contributed by atoms with E-state index in [1.807, 2.05) is 0 Å². The topological polar surface area (TPSA) is 96.9 Å². The Morgan fingerprint density at radius 2 is 1.39 bits per heavy atom. The summed E-state index contributed by atoms with van der Waals surface area (Å²) in [5.74, 6) is -0.798. The molecule has 0 fully saturated rings. The molecule has 38 heavy (non-hydrogen) atoms. The number of hydrogen-bond donors (Lipinski definition) is 3. The first kappa shape index (κ1) is 28.4. The van der Waals surface area contributed by atoms with Gasteiger partial charge < -0.3 is 25.2 Å². The van der Waals surface area contributed by atoms with Crippen molar-refractivity contribution in [2.75, 3.05) is 13.2 Å². The van der Waals surface area contributed by atoms with Gasteiger partial charge in [-0.25, -0.2) is 0 Å². The highest BCUT2D eigenvalue weighted by Gasteiger charge is 2.30. The van der Waals surface area contributed by atoms with Gasteiger partial charge in [-0.2, -0.15) is 22.0 Å². The van der Waals surface area contributed by atoms with Crippen LogP contribution < -0.4 is 20.1 Å². The second-order valence-electron chi connectivity index (χ2n) is 7.92. The van der Waals surface area contributed by atoms with Gasteiger partial charge in [0, 0.05) is 18.5 Å². The van der Waals surface area contributed by atoms with Crippen LogP contribution in [0.5, 0.6) is 17.2 Å². The number of hydrogen-bond acceptors (Lipinski definition) is 5. The average molecular weight is 538 g/mol. The third-order valence-corrected chi connectivity index (χ3v) is 5.16. The monoisotopic (exact) mass is 538 g/mol. The van der Waals surface area contributed by atoms with Gasteiger partial charge in [-0.15, -0.1) is 0 Å². The summed E-state index contributed by atoms with van der Waals surface area (Å²) in [6.45, 7) is -3.33. The molecule has 1 unspecified atom stereocenters. The summed E-state index contributed by atoms with van der Waals surface area (Å²) in [5, 5.41) is 14.1. The zero-order chi connectivity index (χ0) is 27.7. The van der Waals surface area contributed by atoms with Gasteiger partial charge >= 0.3 is 12.8 Å². The molecule has 1 atom stereocenters. The molecule has 7 nitrogen and oxygen atoms in total. The Kier molecular flexibility index (Phi) is 9.61. The number of aliphatic hydroxyl groups is 1. The number of ether oxygens (including phenoxy) is 2. The Morgan fingerprint density at radius 1 is 0.842 bits per heavy atom. The Morgan fingerprint density at radius 3 is 1.92 bits per heavy atom. The molecule has 2 amide bonds. The third kappa shape index (κ3) is 8.44. The average Bonchev–Trinajstić information content (AvgIpc) is 2.88. The van der Waals surface area contributed by atoms with E-state index in [1.165, 1.54) is 60.7 Å². The highest BCUT2D eigenvalue weighted by Crippen LogP contribution is 2.31. The van der Waals surface area contributed by atoms with Crippen molar-refractivity contribution in [2.45, 2.75) is 25.3 Å². The molecule has 3 aromatic carbocycles. The van der Waals surface area contributed by atoms with E-state index in [0.717, 1.165) is 12.1 Å². The summed E-state index contributed by atoms with van der Waals surface area (Å²) in [4.78, 5) is 25.4. The van der Waals surface area contributed by atoms with E-state index >= 15 is 0 Å². The van der Waals surface area contributed by atoms with Crippen LogP contribution in [0.2, 0.25) is 0 Å². The Hall–Kier alpha value is -4.19. The van der Waals surface area contributed by atoms with Gasteiger partial charge in [0.2, 0.25) is 5.91 Å². The maximum atomic E-state index is 12.8. The highest BCUT2D eigenvalue weighted by atomic mass is 19.4. The number of aliphatic hydroxyl groups excluding tert-OH is 1. The number of carbonyl (C=O) groups excluding carboxylic acids is 2. The van der Waals surface area contributed by atoms with E-state index in [-0.39, 0.29) is 42.4 Å². The largest absolute Gasteiger partial charge is 0.457 e. The van der Waals surface area contributed by atoms with Crippen LogP contribution in [0.4, 0.5) is 22.0 Å². The first-order valence-corrected chi connectivity index (χ1v) is 11.2. The van der Waals surface area contributed by atoms with E-state index < -0.39 is 36.2 Å². The minimum atomic E-state index is -4.47. The summed E-state index contributed by atoms with van der Waals surface area (Å²) in [5.41, 5.74) is -0.0892. The summed E-state index contributed by atoms with van der Waals surface area (Å²) in [6.07, 6.45) is -4.44. The zero-order valence-corrected chi connectivity index (χ0v) is 19.7. The minimum absolute atomic E-state index is 0.0209. The van der Waals surface area contributed by atoms with Crippen LogP contribution in [-0.2, 0) is 17.4 Å². The lowest BCUT2D eigenvalue weighted by Crippen LogP contribution is -2.48. The fourth-order valence-electron chi connectivity index (χ4n) is 3.32. The normalized spacial score (nSPS) is 12.1. The van der Waals surface area contributed by atoms with Gasteiger partial charge in [-0.3, -0.25) is 9.59 Å². The van der Waals surface area contributed by atoms with Crippen molar-refractivity contribution in [1.29, 1.82) is 0 Å². The lowest BCUT2D eigenvalue weighted by Gasteiger charge is -2.19. The molecule has 0 radical (unpaired) electrons. The maximum Gasteiger partial charge on any atom is 0.416 e. The molecule has 0 heterocycles. The SMILES string of the molecule is O=C(NC(Cc1ccc(OC(F)F)cc1)C(=O)NCCO)c1ccc(Oc2ccc(C(F)(F)F)cc2)cc1. The molecule has 12 heteroatoms. The summed E-state index contributed by atoms with van der Waals surface area (Å²) < 4.78 is 72.6. The van der Waals surface area contributed by atoms with E-state index in [4.69, 9.17) is 9.84 Å². The number of nitrogens with one attached hydrogen (secondary N) is 2. The van der Waals surface area contributed by atoms with Crippen molar-refractivity contribution in [1.82, 2.24) is 10.6 Å². The molecule has 0 aliphatic rings. The van der Waals surface area contributed by atoms with Crippen molar-refractivity contribution in [3.05, 3.63) is 89.5 Å². The molecule has 0 saturated heterocycles. The van der Waals surface area contributed by atoms with Gasteiger partial charge in [-0.1, -0.05) is 12.1 Å². The maximum absolute atomic E-state index is 12.8. The van der Waals surface area contributed by atoms with Crippen LogP contribution in [0.3, 0.4) is 0 Å². The number of amides is 2. The predicted molar refractivity (Wildman–Crippen MR) is 126 cm³/mol. The highest BCUT2D eigenvalue weighted by molar-refractivity contribution is 5.97. The van der Waals surface area contributed by atoms with Crippen LogP contribution in [0.15, 0.2) is 72.8 Å². The predicted octanol–water partition coefficient (Wildman–Crippen LogP) is 4.55. The zero-order valence-electron chi connectivity index (χ0n) is 19.7. The van der Waals surface area contributed by atoms with Crippen molar-refractivity contribution < 1.29 is 46.1 Å². The number of carbonyl (C=O) groups is 2. The molecular formula is C26H23F5N2O5. The summed E-state index contributed by atoms with van der Waals surface area (Å²) in [6, 6.07) is 14.3. The van der Waals surface area contributed by atoms with Crippen LogP contribution in [0.25, 0.3) is 0 Å². The standard InChI is InChI=1S/C26H23F5N2O5/c27-25(28)38-21-7-1-16(2-8-21)15-22(24(36)32-13-14-34)33-23(35)17-3-9-19(10-4-17)37-20-11-5-18(6-12-20)26(29,30)31/h1-12,22,25,34H,13-15H2,(H,32,36)(H,33,35). The van der Waals surface area contributed by atoms with Gasteiger partial charge in [0.05, 0.1) is 12.2 Å². The number of alkyl halides is 5. The first-order chi connectivity index (χ1) is 18.0. The molecular weight excluding hydrogens is 515 g/mol. The van der Waals surface area contributed by atoms with E-state index in [9.17, 15) is 31.5 Å². The molecule has 3 rings (SSSR count). The molecule has 3 aromatic rings. The lowest BCUT2D eigenvalue weighted by atomic mass is 10.0. The molecule has 202 valence electrons. The van der Waals surface area contributed by atoms with Crippen molar-refractivity contribution >= 4 is 11.8 Å². The van der Waals surface area contributed by atoms with Crippen LogP contribution >= 0.6 is 0 Å². The fraction of sp³-hybridized carbons (Fsp3) is 0.231. The number of benzene rings is 3. The van der Waals surface area contributed by atoms with E-state index in [2.05, 4.69) is 15.4 Å². The number of rotatable bonds is 11. The van der Waals surface area contributed by atoms with Crippen molar-refractivity contribution in [2.24, 2.45) is 0 Å². The van der Waals surface area contributed by atoms with E-state index in [0.29, 0.717) is 5.56 Å². The Labute approximate surface area is 214 Å². The van der Waals surface area contributed by atoms with Crippen molar-refractivity contribution in [3.63, 3.8) is 0 Å². The molecule has 0 spiro atoms. The van der Waals surface area contributed by atoms with Crippen LogP contribution in [0.1, 0.15) is 21.5 Å². The third-order valence-electron chi connectivity index (χ3n) is 5.16. The molecule has 0 aromatic heterocycles. The van der Waals surface area contributed by atoms with Crippen LogP contribution in [0, 0.1) is 0 Å². The van der Waals surface area contributed by atoms with Gasteiger partial charge in [0.1, 0.15) is 23.3 Å². The van der Waals surface area contributed by atoms with Gasteiger partial charge in [-0.05, 0) is 66.2 Å². The fourth-order valence-corrected chi connectivity index (χ4v) is 3.32. The van der Waals surface area contributed by atoms with Gasteiger partial charge in [0.15, 0.2) is 0 Å². The molecule has 0 aliphatic heterocycles. The second kappa shape index (κ2) is 12.9. The van der Waals surface area contributed by atoms with Gasteiger partial charge in [0.25, 0.3) is 5.91 Å². The lowest BCUT2D eigenvalue weighted by molar-refractivity contribution is -0.137. The molecule has 0 aliphatic carbocycles. The molecule has 3 N–H and O–H groups in total. The number of halogens is 5. The smallest absolute Gasteiger partial charge is 0.416 e. The molecule has 0 bridgehead atoms. The molecule has 0 saturated carbocycles. The Bertz CT molecular complexity index is 1200. The first-order valence-electron chi connectivity index (χ1n) is 11.2. The minimum Gasteiger partial charge on any atom is -0.457 e. The summed E-state index contributed by atoms with van der Waals surface area (Å²) >= 11 is 0. The van der Waals surface area contributed by atoms with E-state index in [1.54, 1.807) is 0 Å². The summed E-state index contributed by atoms with van der Waals surface area (Å²) in [7, 11) is 0. The van der Waals surface area contributed by atoms with Crippen LogP contribution in [-0.4, -0.2) is 42.7 Å². The Balaban J connectivity index is 1.66. The quantitative estimate of drug-likeness (QED) is 0.312. The second-order valence-corrected chi connectivity index (χ2v) is 7.92. The van der Waals surface area contributed by atoms with Crippen molar-refractivity contribution in [3.8, 4) is 17.2 Å².